The van der Waals surface area contributed by atoms with Crippen molar-refractivity contribution in [1.82, 2.24) is 9.78 Å². The quantitative estimate of drug-likeness (QED) is 0.700. The minimum Gasteiger partial charge on any atom is -0.484 e. The number of anilines is 1. The van der Waals surface area contributed by atoms with E-state index in [1.54, 1.807) is 16.8 Å². The fourth-order valence-electron chi connectivity index (χ4n) is 3.66. The average Bonchev–Trinajstić information content (AvgIpc) is 3.03. The van der Waals surface area contributed by atoms with Gasteiger partial charge in [0.2, 0.25) is 5.91 Å². The van der Waals surface area contributed by atoms with Crippen molar-refractivity contribution in [2.24, 2.45) is 5.73 Å². The summed E-state index contributed by atoms with van der Waals surface area (Å²) >= 11 is 0. The van der Waals surface area contributed by atoms with Crippen LogP contribution in [0.2, 0.25) is 0 Å². The van der Waals surface area contributed by atoms with Gasteiger partial charge in [-0.2, -0.15) is 5.10 Å². The van der Waals surface area contributed by atoms with E-state index in [0.29, 0.717) is 18.0 Å². The molecule has 0 bridgehead atoms. The Morgan fingerprint density at radius 2 is 1.86 bits per heavy atom. The lowest BCUT2D eigenvalue weighted by molar-refractivity contribution is -0.120. The van der Waals surface area contributed by atoms with Crippen LogP contribution in [0.3, 0.4) is 0 Å². The number of amides is 2. The first-order valence-corrected chi connectivity index (χ1v) is 9.40. The van der Waals surface area contributed by atoms with E-state index in [0.717, 1.165) is 28.1 Å². The van der Waals surface area contributed by atoms with Crippen molar-refractivity contribution in [2.45, 2.75) is 26.2 Å². The van der Waals surface area contributed by atoms with Crippen LogP contribution in [-0.4, -0.2) is 28.2 Å². The van der Waals surface area contributed by atoms with E-state index in [1.165, 1.54) is 0 Å². The Balaban J connectivity index is 1.70. The maximum absolute atomic E-state index is 12.5. The summed E-state index contributed by atoms with van der Waals surface area (Å²) in [6.45, 7) is 3.82. The third-order valence-corrected chi connectivity index (χ3v) is 5.04. The number of ether oxygens (including phenoxy) is 1. The normalized spacial score (nSPS) is 15.5. The van der Waals surface area contributed by atoms with E-state index >= 15 is 0 Å². The summed E-state index contributed by atoms with van der Waals surface area (Å²) in [4.78, 5) is 23.4. The van der Waals surface area contributed by atoms with Gasteiger partial charge in [-0.15, -0.1) is 0 Å². The van der Waals surface area contributed by atoms with E-state index in [-0.39, 0.29) is 18.4 Å². The zero-order valence-electron chi connectivity index (χ0n) is 16.3. The molecule has 0 radical (unpaired) electrons. The van der Waals surface area contributed by atoms with Crippen LogP contribution in [0.15, 0.2) is 48.5 Å². The van der Waals surface area contributed by atoms with Gasteiger partial charge in [-0.25, -0.2) is 4.68 Å². The fourth-order valence-corrected chi connectivity index (χ4v) is 3.66. The molecule has 4 rings (SSSR count). The second kappa shape index (κ2) is 7.43. The number of nitrogens with two attached hydrogens (primary N) is 1. The van der Waals surface area contributed by atoms with Crippen molar-refractivity contribution in [1.29, 1.82) is 0 Å². The number of nitrogens with one attached hydrogen (secondary N) is 1. The highest BCUT2D eigenvalue weighted by Crippen LogP contribution is 2.40. The maximum Gasteiger partial charge on any atom is 0.255 e. The topological polar surface area (TPSA) is 99.2 Å². The van der Waals surface area contributed by atoms with Gasteiger partial charge in [0.05, 0.1) is 11.4 Å². The lowest BCUT2D eigenvalue weighted by Crippen LogP contribution is -2.25. The number of aromatic nitrogens is 2. The SMILES string of the molecule is Cc1ccc(-n2nc(C)c3c2NC(=O)C[C@H]3c2ccc(OCC(N)=O)cc2)cc1. The summed E-state index contributed by atoms with van der Waals surface area (Å²) in [6.07, 6.45) is 0.342. The van der Waals surface area contributed by atoms with Crippen molar-refractivity contribution < 1.29 is 14.3 Å². The Labute approximate surface area is 168 Å². The van der Waals surface area contributed by atoms with E-state index in [4.69, 9.17) is 15.6 Å². The summed E-state index contributed by atoms with van der Waals surface area (Å²) in [5.41, 5.74) is 10.0. The molecule has 0 saturated carbocycles. The number of hydrogen-bond acceptors (Lipinski definition) is 4. The van der Waals surface area contributed by atoms with Crippen LogP contribution < -0.4 is 15.8 Å². The summed E-state index contributed by atoms with van der Waals surface area (Å²) in [7, 11) is 0. The molecule has 0 aliphatic carbocycles. The maximum atomic E-state index is 12.5. The molecule has 1 aromatic heterocycles. The largest absolute Gasteiger partial charge is 0.484 e. The molecule has 1 aliphatic rings. The molecule has 0 unspecified atom stereocenters. The average molecular weight is 390 g/mol. The van der Waals surface area contributed by atoms with E-state index in [1.807, 2.05) is 50.2 Å². The van der Waals surface area contributed by atoms with Crippen molar-refractivity contribution >= 4 is 17.6 Å². The molecule has 0 saturated heterocycles. The Morgan fingerprint density at radius 3 is 2.52 bits per heavy atom. The zero-order chi connectivity index (χ0) is 20.5. The Kier molecular flexibility index (Phi) is 4.80. The second-order valence-corrected chi connectivity index (χ2v) is 7.22. The minimum absolute atomic E-state index is 0.0511. The molecule has 7 nitrogen and oxygen atoms in total. The summed E-state index contributed by atoms with van der Waals surface area (Å²) in [6, 6.07) is 15.4. The smallest absolute Gasteiger partial charge is 0.255 e. The van der Waals surface area contributed by atoms with Crippen LogP contribution in [0.4, 0.5) is 5.82 Å². The van der Waals surface area contributed by atoms with Gasteiger partial charge < -0.3 is 15.8 Å². The molecule has 2 aromatic carbocycles. The molecule has 0 spiro atoms. The van der Waals surface area contributed by atoms with Gasteiger partial charge in [0.15, 0.2) is 6.61 Å². The first-order valence-electron chi connectivity index (χ1n) is 9.40. The molecular formula is C22H22N4O3. The third kappa shape index (κ3) is 3.71. The lowest BCUT2D eigenvalue weighted by atomic mass is 9.86. The number of fused-ring (bicyclic) bond motifs is 1. The molecule has 1 atom stereocenters. The zero-order valence-corrected chi connectivity index (χ0v) is 16.3. The van der Waals surface area contributed by atoms with Gasteiger partial charge in [0, 0.05) is 17.9 Å². The van der Waals surface area contributed by atoms with Crippen molar-refractivity contribution in [3.8, 4) is 11.4 Å². The Bertz CT molecular complexity index is 1070. The fraction of sp³-hybridized carbons (Fsp3) is 0.227. The van der Waals surface area contributed by atoms with Gasteiger partial charge in [0.25, 0.3) is 5.91 Å². The highest BCUT2D eigenvalue weighted by atomic mass is 16.5. The van der Waals surface area contributed by atoms with Crippen LogP contribution in [0.1, 0.15) is 34.7 Å². The molecule has 29 heavy (non-hydrogen) atoms. The molecule has 3 N–H and O–H groups in total. The van der Waals surface area contributed by atoms with E-state index in [2.05, 4.69) is 5.32 Å². The van der Waals surface area contributed by atoms with Crippen LogP contribution in [-0.2, 0) is 9.59 Å². The Hall–Kier alpha value is -3.61. The predicted octanol–water partition coefficient (Wildman–Crippen LogP) is 2.83. The molecule has 1 aliphatic heterocycles. The molecule has 2 amide bonds. The van der Waals surface area contributed by atoms with E-state index < -0.39 is 5.91 Å². The second-order valence-electron chi connectivity index (χ2n) is 7.22. The first kappa shape index (κ1) is 18.7. The number of carbonyl (C=O) groups is 2. The van der Waals surface area contributed by atoms with Crippen molar-refractivity contribution in [2.75, 3.05) is 11.9 Å². The van der Waals surface area contributed by atoms with Gasteiger partial charge in [-0.1, -0.05) is 29.8 Å². The number of hydrogen-bond donors (Lipinski definition) is 2. The molecule has 3 aromatic rings. The van der Waals surface area contributed by atoms with Gasteiger partial charge in [0.1, 0.15) is 11.6 Å². The van der Waals surface area contributed by atoms with Crippen LogP contribution in [0.5, 0.6) is 5.75 Å². The standard InChI is InChI=1S/C22H22N4O3/c1-13-3-7-16(8-4-13)26-22-21(14(2)25-26)18(11-20(28)24-22)15-5-9-17(10-6-15)29-12-19(23)27/h3-10,18H,11-12H2,1-2H3,(H2,23,27)(H,24,28)/t18-/m0/s1. The number of nitrogens with zero attached hydrogens (tertiary/aromatic N) is 2. The lowest BCUT2D eigenvalue weighted by Gasteiger charge is -2.24. The highest BCUT2D eigenvalue weighted by Gasteiger charge is 2.32. The number of benzene rings is 2. The number of primary amides is 1. The van der Waals surface area contributed by atoms with Gasteiger partial charge in [-0.3, -0.25) is 9.59 Å². The van der Waals surface area contributed by atoms with Gasteiger partial charge >= 0.3 is 0 Å². The minimum atomic E-state index is -0.526. The summed E-state index contributed by atoms with van der Waals surface area (Å²) < 4.78 is 7.12. The van der Waals surface area contributed by atoms with Crippen LogP contribution >= 0.6 is 0 Å². The monoisotopic (exact) mass is 390 g/mol. The van der Waals surface area contributed by atoms with Crippen molar-refractivity contribution in [3.05, 3.63) is 70.9 Å². The molecule has 2 heterocycles. The molecule has 0 fully saturated rings. The summed E-state index contributed by atoms with van der Waals surface area (Å²) in [5.74, 6) is 0.580. The van der Waals surface area contributed by atoms with Crippen LogP contribution in [0.25, 0.3) is 5.69 Å². The molecule has 148 valence electrons. The van der Waals surface area contributed by atoms with Crippen molar-refractivity contribution in [3.63, 3.8) is 0 Å². The molecule has 7 heteroatoms. The van der Waals surface area contributed by atoms with Gasteiger partial charge in [-0.05, 0) is 43.7 Å². The highest BCUT2D eigenvalue weighted by molar-refractivity contribution is 5.95. The third-order valence-electron chi connectivity index (χ3n) is 5.04. The molecular weight excluding hydrogens is 368 g/mol. The Morgan fingerprint density at radius 1 is 1.17 bits per heavy atom. The van der Waals surface area contributed by atoms with E-state index in [9.17, 15) is 9.59 Å². The first-order chi connectivity index (χ1) is 13.9. The number of rotatable bonds is 5. The van der Waals surface area contributed by atoms with Crippen LogP contribution in [0, 0.1) is 13.8 Å². The number of carbonyl (C=O) groups excluding carboxylic acids is 2. The predicted molar refractivity (Wildman–Crippen MR) is 109 cm³/mol. The number of aryl methyl sites for hydroxylation is 2. The summed E-state index contributed by atoms with van der Waals surface area (Å²) in [5, 5.41) is 7.69.